The van der Waals surface area contributed by atoms with E-state index in [9.17, 15) is 13.6 Å². The number of carbonyl (C=O) groups is 1. The van der Waals surface area contributed by atoms with Crippen LogP contribution in [-0.4, -0.2) is 18.3 Å². The minimum atomic E-state index is -1.12. The van der Waals surface area contributed by atoms with Gasteiger partial charge < -0.3 is 4.74 Å². The molecule has 16 heavy (non-hydrogen) atoms. The van der Waals surface area contributed by atoms with Crippen molar-refractivity contribution in [3.63, 3.8) is 0 Å². The van der Waals surface area contributed by atoms with Gasteiger partial charge in [-0.25, -0.2) is 4.39 Å². The van der Waals surface area contributed by atoms with Crippen molar-refractivity contribution in [1.82, 2.24) is 0 Å². The van der Waals surface area contributed by atoms with Crippen molar-refractivity contribution in [2.75, 3.05) is 7.11 Å². The van der Waals surface area contributed by atoms with Gasteiger partial charge >= 0.3 is 0 Å². The molecule has 0 saturated heterocycles. The maximum absolute atomic E-state index is 13.1. The Bertz CT molecular complexity index is 407. The maximum Gasteiger partial charge on any atom is 0.200 e. The molecule has 0 fully saturated rings. The van der Waals surface area contributed by atoms with Gasteiger partial charge in [0, 0.05) is 5.56 Å². The van der Waals surface area contributed by atoms with Crippen LogP contribution >= 0.6 is 11.6 Å². The average molecular weight is 249 g/mol. The smallest absolute Gasteiger partial charge is 0.200 e. The van der Waals surface area contributed by atoms with Gasteiger partial charge in [-0.05, 0) is 18.6 Å². The summed E-state index contributed by atoms with van der Waals surface area (Å²) in [5.74, 6) is -2.98. The number of Topliss-reactive ketones (excluding diaryl/α,β-unsaturated/α-hetero) is 1. The quantitative estimate of drug-likeness (QED) is 0.604. The number of alkyl halides is 1. The van der Waals surface area contributed by atoms with Gasteiger partial charge in [-0.3, -0.25) is 4.79 Å². The van der Waals surface area contributed by atoms with E-state index in [2.05, 4.69) is 4.74 Å². The fraction of sp³-hybridized carbons (Fsp3) is 0.364. The minimum Gasteiger partial charge on any atom is -0.494 e. The second kappa shape index (κ2) is 5.25. The summed E-state index contributed by atoms with van der Waals surface area (Å²) in [4.78, 5) is 11.6. The highest BCUT2D eigenvalue weighted by Crippen LogP contribution is 2.23. The van der Waals surface area contributed by atoms with Crippen molar-refractivity contribution >= 4 is 17.4 Å². The highest BCUT2D eigenvalue weighted by atomic mass is 35.5. The predicted molar refractivity (Wildman–Crippen MR) is 57.2 cm³/mol. The lowest BCUT2D eigenvalue weighted by Crippen LogP contribution is -2.14. The molecule has 0 bridgehead atoms. The molecule has 0 spiro atoms. The number of benzene rings is 1. The van der Waals surface area contributed by atoms with Crippen LogP contribution in [0.1, 0.15) is 23.7 Å². The molecule has 0 amide bonds. The van der Waals surface area contributed by atoms with E-state index in [1.54, 1.807) is 6.92 Å². The molecule has 1 atom stereocenters. The molecule has 0 aliphatic carbocycles. The van der Waals surface area contributed by atoms with Crippen molar-refractivity contribution in [2.45, 2.75) is 18.7 Å². The molecule has 5 heteroatoms. The zero-order valence-corrected chi connectivity index (χ0v) is 9.65. The number of ketones is 1. The van der Waals surface area contributed by atoms with Gasteiger partial charge in [-0.2, -0.15) is 4.39 Å². The molecule has 0 N–H and O–H groups in total. The molecule has 0 aromatic heterocycles. The summed E-state index contributed by atoms with van der Waals surface area (Å²) < 4.78 is 30.8. The highest BCUT2D eigenvalue weighted by Gasteiger charge is 2.20. The summed E-state index contributed by atoms with van der Waals surface area (Å²) in [6.45, 7) is 1.73. The first kappa shape index (κ1) is 12.9. The third-order valence-electron chi connectivity index (χ3n) is 2.14. The van der Waals surface area contributed by atoms with Gasteiger partial charge in [0.1, 0.15) is 0 Å². The van der Waals surface area contributed by atoms with E-state index in [4.69, 9.17) is 11.6 Å². The van der Waals surface area contributed by atoms with Gasteiger partial charge in [0.05, 0.1) is 12.5 Å². The van der Waals surface area contributed by atoms with Gasteiger partial charge in [-0.1, -0.05) is 6.92 Å². The van der Waals surface area contributed by atoms with E-state index < -0.39 is 22.8 Å². The summed E-state index contributed by atoms with van der Waals surface area (Å²) in [5.41, 5.74) is 0.0117. The zero-order chi connectivity index (χ0) is 12.3. The number of methoxy groups -OCH3 is 1. The summed E-state index contributed by atoms with van der Waals surface area (Å²) in [6.07, 6.45) is 0.418. The van der Waals surface area contributed by atoms with Crippen molar-refractivity contribution in [1.29, 1.82) is 0 Å². The largest absolute Gasteiger partial charge is 0.494 e. The SMILES string of the molecule is CCC(Cl)C(=O)c1cc(F)c(F)c(OC)c1. The summed E-state index contributed by atoms with van der Waals surface area (Å²) in [6, 6.07) is 1.97. The molecule has 88 valence electrons. The molecule has 1 aromatic carbocycles. The van der Waals surface area contributed by atoms with Crippen molar-refractivity contribution in [3.05, 3.63) is 29.3 Å². The molecule has 1 unspecified atom stereocenters. The van der Waals surface area contributed by atoms with Crippen LogP contribution in [0.5, 0.6) is 5.75 Å². The lowest BCUT2D eigenvalue weighted by atomic mass is 10.1. The first-order valence-electron chi connectivity index (χ1n) is 4.72. The Hall–Kier alpha value is -1.16. The first-order valence-corrected chi connectivity index (χ1v) is 5.16. The first-order chi connectivity index (χ1) is 7.51. The van der Waals surface area contributed by atoms with Crippen LogP contribution in [0, 0.1) is 11.6 Å². The van der Waals surface area contributed by atoms with Crippen LogP contribution in [0.3, 0.4) is 0 Å². The molecule has 1 aromatic rings. The zero-order valence-electron chi connectivity index (χ0n) is 8.89. The van der Waals surface area contributed by atoms with E-state index in [0.717, 1.165) is 12.1 Å². The predicted octanol–water partition coefficient (Wildman–Crippen LogP) is 3.17. The summed E-state index contributed by atoms with van der Waals surface area (Å²) in [7, 11) is 1.20. The van der Waals surface area contributed by atoms with Crippen LogP contribution < -0.4 is 4.74 Å². The van der Waals surface area contributed by atoms with Gasteiger partial charge in [0.15, 0.2) is 17.3 Å². The van der Waals surface area contributed by atoms with Crippen LogP contribution in [0.4, 0.5) is 8.78 Å². The highest BCUT2D eigenvalue weighted by molar-refractivity contribution is 6.33. The van der Waals surface area contributed by atoms with Gasteiger partial charge in [0.25, 0.3) is 0 Å². The van der Waals surface area contributed by atoms with E-state index >= 15 is 0 Å². The topological polar surface area (TPSA) is 26.3 Å². The molecule has 0 aliphatic rings. The van der Waals surface area contributed by atoms with E-state index in [1.807, 2.05) is 0 Å². The lowest BCUT2D eigenvalue weighted by molar-refractivity contribution is 0.0984. The fourth-order valence-electron chi connectivity index (χ4n) is 1.22. The van der Waals surface area contributed by atoms with Crippen LogP contribution in [-0.2, 0) is 0 Å². The van der Waals surface area contributed by atoms with Crippen molar-refractivity contribution in [2.24, 2.45) is 0 Å². The Morgan fingerprint density at radius 1 is 1.50 bits per heavy atom. The molecule has 1 rings (SSSR count). The lowest BCUT2D eigenvalue weighted by Gasteiger charge is -2.08. The Labute approximate surface area is 97.2 Å². The van der Waals surface area contributed by atoms with Crippen molar-refractivity contribution < 1.29 is 18.3 Å². The van der Waals surface area contributed by atoms with Crippen LogP contribution in [0.25, 0.3) is 0 Å². The van der Waals surface area contributed by atoms with Gasteiger partial charge in [-0.15, -0.1) is 11.6 Å². The molecule has 0 saturated carbocycles. The van der Waals surface area contributed by atoms with E-state index in [1.165, 1.54) is 7.11 Å². The Morgan fingerprint density at radius 2 is 2.12 bits per heavy atom. The summed E-state index contributed by atoms with van der Waals surface area (Å²) in [5, 5.41) is -0.741. The van der Waals surface area contributed by atoms with Crippen LogP contribution in [0.2, 0.25) is 0 Å². The Morgan fingerprint density at radius 3 is 2.62 bits per heavy atom. The molecule has 2 nitrogen and oxygen atoms in total. The monoisotopic (exact) mass is 248 g/mol. The van der Waals surface area contributed by atoms with Crippen molar-refractivity contribution in [3.8, 4) is 5.75 Å². The molecular formula is C11H11ClF2O2. The number of hydrogen-bond donors (Lipinski definition) is 0. The third kappa shape index (κ3) is 2.50. The molecule has 0 aliphatic heterocycles. The second-order valence-corrected chi connectivity index (χ2v) is 3.74. The minimum absolute atomic E-state index is 0.0117. The number of carbonyl (C=O) groups excluding carboxylic acids is 1. The molecule has 0 heterocycles. The van der Waals surface area contributed by atoms with E-state index in [0.29, 0.717) is 6.42 Å². The molecule has 0 radical (unpaired) electrons. The number of halogens is 3. The third-order valence-corrected chi connectivity index (χ3v) is 2.65. The number of rotatable bonds is 4. The number of hydrogen-bond acceptors (Lipinski definition) is 2. The number of ether oxygens (including phenoxy) is 1. The van der Waals surface area contributed by atoms with E-state index in [-0.39, 0.29) is 11.3 Å². The van der Waals surface area contributed by atoms with Gasteiger partial charge in [0.2, 0.25) is 5.82 Å². The maximum atomic E-state index is 13.1. The summed E-state index contributed by atoms with van der Waals surface area (Å²) >= 11 is 5.73. The fourth-order valence-corrected chi connectivity index (χ4v) is 1.35. The second-order valence-electron chi connectivity index (χ2n) is 3.21. The normalized spacial score (nSPS) is 12.3. The van der Waals surface area contributed by atoms with Crippen LogP contribution in [0.15, 0.2) is 12.1 Å². The Balaban J connectivity index is 3.16. The standard InChI is InChI=1S/C11H11ClF2O2/c1-3-7(12)11(15)6-4-8(13)10(14)9(5-6)16-2/h4-5,7H,3H2,1-2H3. The molecular weight excluding hydrogens is 238 g/mol. The average Bonchev–Trinajstić information content (AvgIpc) is 2.30. The Kier molecular flexibility index (Phi) is 4.24.